The van der Waals surface area contributed by atoms with Crippen molar-refractivity contribution < 1.29 is 9.84 Å². The molecule has 24 heavy (non-hydrogen) atoms. The highest BCUT2D eigenvalue weighted by molar-refractivity contribution is 5.27. The highest BCUT2D eigenvalue weighted by Gasteiger charge is 2.31. The van der Waals surface area contributed by atoms with Gasteiger partial charge in [0.25, 0.3) is 0 Å². The minimum Gasteiger partial charge on any atom is -0.494 e. The van der Waals surface area contributed by atoms with Crippen LogP contribution in [-0.4, -0.2) is 59.8 Å². The molecule has 0 amide bonds. The molecule has 1 aromatic carbocycles. The van der Waals surface area contributed by atoms with Crippen LogP contribution in [0.15, 0.2) is 24.3 Å². The molecule has 1 saturated heterocycles. The topological polar surface area (TPSA) is 35.9 Å². The third-order valence-corrected chi connectivity index (χ3v) is 5.56. The first-order valence-corrected chi connectivity index (χ1v) is 9.61. The fraction of sp³-hybridized carbons (Fsp3) is 0.700. The Morgan fingerprint density at radius 3 is 2.54 bits per heavy atom. The van der Waals surface area contributed by atoms with Crippen molar-refractivity contribution in [1.29, 1.82) is 0 Å². The van der Waals surface area contributed by atoms with Gasteiger partial charge in [0, 0.05) is 44.9 Å². The summed E-state index contributed by atoms with van der Waals surface area (Å²) in [5, 5.41) is 9.49. The summed E-state index contributed by atoms with van der Waals surface area (Å²) in [7, 11) is 0. The molecule has 134 valence electrons. The van der Waals surface area contributed by atoms with Gasteiger partial charge in [-0.2, -0.15) is 0 Å². The van der Waals surface area contributed by atoms with E-state index in [1.54, 1.807) is 0 Å². The summed E-state index contributed by atoms with van der Waals surface area (Å²) in [5.41, 5.74) is 1.33. The van der Waals surface area contributed by atoms with Crippen LogP contribution in [0.1, 0.15) is 44.6 Å². The van der Waals surface area contributed by atoms with Gasteiger partial charge in [-0.05, 0) is 43.9 Å². The SMILES string of the molecule is CCOc1ccc(CN2CCN(C3CCCC3)C[C@@H]2CCO)cc1. The van der Waals surface area contributed by atoms with Crippen LogP contribution in [0.5, 0.6) is 5.75 Å². The van der Waals surface area contributed by atoms with Crippen molar-refractivity contribution in [2.45, 2.75) is 57.7 Å². The largest absolute Gasteiger partial charge is 0.494 e. The van der Waals surface area contributed by atoms with Crippen LogP contribution < -0.4 is 4.74 Å². The summed E-state index contributed by atoms with van der Waals surface area (Å²) in [4.78, 5) is 5.24. The van der Waals surface area contributed by atoms with Gasteiger partial charge in [-0.1, -0.05) is 25.0 Å². The number of benzene rings is 1. The molecule has 2 aliphatic rings. The Bertz CT molecular complexity index is 485. The van der Waals surface area contributed by atoms with Crippen LogP contribution in [0.2, 0.25) is 0 Å². The second-order valence-electron chi connectivity index (χ2n) is 7.15. The highest BCUT2D eigenvalue weighted by atomic mass is 16.5. The summed E-state index contributed by atoms with van der Waals surface area (Å²) >= 11 is 0. The van der Waals surface area contributed by atoms with Crippen LogP contribution in [0.3, 0.4) is 0 Å². The van der Waals surface area contributed by atoms with Crippen LogP contribution in [0.25, 0.3) is 0 Å². The number of ether oxygens (including phenoxy) is 1. The molecule has 1 heterocycles. The lowest BCUT2D eigenvalue weighted by Gasteiger charge is -2.44. The second kappa shape index (κ2) is 8.84. The van der Waals surface area contributed by atoms with Crippen molar-refractivity contribution in [1.82, 2.24) is 9.80 Å². The molecule has 1 aromatic rings. The molecule has 0 unspecified atom stereocenters. The van der Waals surface area contributed by atoms with Crippen molar-refractivity contribution >= 4 is 0 Å². The van der Waals surface area contributed by atoms with Crippen molar-refractivity contribution in [3.05, 3.63) is 29.8 Å². The predicted octanol–water partition coefficient (Wildman–Crippen LogP) is 2.90. The van der Waals surface area contributed by atoms with E-state index in [9.17, 15) is 5.11 Å². The Morgan fingerprint density at radius 2 is 1.88 bits per heavy atom. The van der Waals surface area contributed by atoms with E-state index >= 15 is 0 Å². The molecule has 1 aliphatic carbocycles. The Hall–Kier alpha value is -1.10. The minimum absolute atomic E-state index is 0.281. The molecule has 0 aromatic heterocycles. The molecule has 0 bridgehead atoms. The van der Waals surface area contributed by atoms with Crippen molar-refractivity contribution in [3.63, 3.8) is 0 Å². The molecule has 1 N–H and O–H groups in total. The average molecular weight is 332 g/mol. The van der Waals surface area contributed by atoms with Gasteiger partial charge in [0.15, 0.2) is 0 Å². The first-order chi connectivity index (χ1) is 11.8. The van der Waals surface area contributed by atoms with Gasteiger partial charge in [-0.3, -0.25) is 9.80 Å². The maximum Gasteiger partial charge on any atom is 0.119 e. The number of piperazine rings is 1. The second-order valence-corrected chi connectivity index (χ2v) is 7.15. The van der Waals surface area contributed by atoms with Crippen LogP contribution in [-0.2, 0) is 6.54 Å². The maximum atomic E-state index is 9.49. The van der Waals surface area contributed by atoms with Crippen LogP contribution in [0.4, 0.5) is 0 Å². The Morgan fingerprint density at radius 1 is 1.12 bits per heavy atom. The van der Waals surface area contributed by atoms with Gasteiger partial charge in [0.05, 0.1) is 6.61 Å². The Kier molecular flexibility index (Phi) is 6.52. The van der Waals surface area contributed by atoms with E-state index in [0.717, 1.165) is 37.8 Å². The average Bonchev–Trinajstić information content (AvgIpc) is 3.13. The van der Waals surface area contributed by atoms with Gasteiger partial charge < -0.3 is 9.84 Å². The fourth-order valence-corrected chi connectivity index (χ4v) is 4.24. The van der Waals surface area contributed by atoms with E-state index < -0.39 is 0 Å². The van der Waals surface area contributed by atoms with Gasteiger partial charge in [0.1, 0.15) is 5.75 Å². The summed E-state index contributed by atoms with van der Waals surface area (Å²) in [5.74, 6) is 0.944. The van der Waals surface area contributed by atoms with E-state index in [1.807, 2.05) is 6.92 Å². The zero-order chi connectivity index (χ0) is 16.8. The summed E-state index contributed by atoms with van der Waals surface area (Å²) in [6.45, 7) is 7.36. The minimum atomic E-state index is 0.281. The summed E-state index contributed by atoms with van der Waals surface area (Å²) in [6.07, 6.45) is 6.39. The molecule has 1 aliphatic heterocycles. The smallest absolute Gasteiger partial charge is 0.119 e. The van der Waals surface area contributed by atoms with Crippen LogP contribution in [0, 0.1) is 0 Å². The molecular weight excluding hydrogens is 300 g/mol. The molecular formula is C20H32N2O2. The number of hydrogen-bond acceptors (Lipinski definition) is 4. The molecule has 4 heteroatoms. The molecule has 2 fully saturated rings. The number of hydrogen-bond donors (Lipinski definition) is 1. The first kappa shape index (κ1) is 17.7. The Balaban J connectivity index is 1.59. The molecule has 1 saturated carbocycles. The third kappa shape index (κ3) is 4.50. The number of aliphatic hydroxyl groups is 1. The molecule has 0 radical (unpaired) electrons. The van der Waals surface area contributed by atoms with E-state index in [2.05, 4.69) is 34.1 Å². The summed E-state index contributed by atoms with van der Waals surface area (Å²) in [6, 6.07) is 9.73. The van der Waals surface area contributed by atoms with E-state index in [4.69, 9.17) is 4.74 Å². The highest BCUT2D eigenvalue weighted by Crippen LogP contribution is 2.27. The zero-order valence-electron chi connectivity index (χ0n) is 15.0. The van der Waals surface area contributed by atoms with Gasteiger partial charge in [0.2, 0.25) is 0 Å². The number of nitrogens with zero attached hydrogens (tertiary/aromatic N) is 2. The molecule has 4 nitrogen and oxygen atoms in total. The van der Waals surface area contributed by atoms with E-state index in [-0.39, 0.29) is 6.61 Å². The lowest BCUT2D eigenvalue weighted by atomic mass is 10.0. The monoisotopic (exact) mass is 332 g/mol. The standard InChI is InChI=1S/C20H32N2O2/c1-2-24-20-9-7-17(8-10-20)15-21-12-13-22(16-19(21)11-14-23)18-5-3-4-6-18/h7-10,18-19,23H,2-6,11-16H2,1H3/t19-/m0/s1. The predicted molar refractivity (Wildman–Crippen MR) is 97.3 cm³/mol. The summed E-state index contributed by atoms with van der Waals surface area (Å²) < 4.78 is 5.53. The van der Waals surface area contributed by atoms with Crippen molar-refractivity contribution in [2.75, 3.05) is 32.8 Å². The first-order valence-electron chi connectivity index (χ1n) is 9.61. The van der Waals surface area contributed by atoms with Gasteiger partial charge >= 0.3 is 0 Å². The maximum absolute atomic E-state index is 9.49. The van der Waals surface area contributed by atoms with Gasteiger partial charge in [-0.15, -0.1) is 0 Å². The van der Waals surface area contributed by atoms with Crippen molar-refractivity contribution in [2.24, 2.45) is 0 Å². The molecule has 0 spiro atoms. The van der Waals surface area contributed by atoms with Crippen molar-refractivity contribution in [3.8, 4) is 5.75 Å². The normalized spacial score (nSPS) is 23.7. The molecule has 1 atom stereocenters. The van der Waals surface area contributed by atoms with E-state index in [1.165, 1.54) is 37.8 Å². The number of rotatable bonds is 7. The van der Waals surface area contributed by atoms with E-state index in [0.29, 0.717) is 12.6 Å². The zero-order valence-corrected chi connectivity index (χ0v) is 15.0. The third-order valence-electron chi connectivity index (χ3n) is 5.56. The quantitative estimate of drug-likeness (QED) is 0.833. The lowest BCUT2D eigenvalue weighted by Crippen LogP contribution is -2.55. The molecule has 3 rings (SSSR count). The van der Waals surface area contributed by atoms with Gasteiger partial charge in [-0.25, -0.2) is 0 Å². The number of aliphatic hydroxyl groups excluding tert-OH is 1. The lowest BCUT2D eigenvalue weighted by molar-refractivity contribution is 0.0327. The Labute approximate surface area is 146 Å². The fourth-order valence-electron chi connectivity index (χ4n) is 4.24. The van der Waals surface area contributed by atoms with Crippen LogP contribution >= 0.6 is 0 Å².